The monoisotopic (exact) mass is 290 g/mol. The molecule has 5 nitrogen and oxygen atoms in total. The maximum Gasteiger partial charge on any atom is 0.307 e. The van der Waals surface area contributed by atoms with Gasteiger partial charge in [0.25, 0.3) is 0 Å². The van der Waals surface area contributed by atoms with Crippen molar-refractivity contribution in [2.75, 3.05) is 11.9 Å². The number of nitrogens with one attached hydrogen (secondary N) is 2. The molecule has 1 aliphatic heterocycles. The molecule has 1 heterocycles. The normalized spacial score (nSPS) is 18.2. The van der Waals surface area contributed by atoms with E-state index in [1.54, 1.807) is 24.3 Å². The predicted molar refractivity (Wildman–Crippen MR) is 81.3 cm³/mol. The van der Waals surface area contributed by atoms with Crippen LogP contribution in [0.3, 0.4) is 0 Å². The third kappa shape index (κ3) is 5.55. The molecule has 21 heavy (non-hydrogen) atoms. The first kappa shape index (κ1) is 15.5. The smallest absolute Gasteiger partial charge is 0.307 e. The standard InChI is InChI=1S/C16H22N2O3/c19-15(9-8-13-3-1-2-10-17-13)18-14-6-4-12(5-7-14)11-16(20)21/h4-7,13,17H,1-3,8-11H2,(H,18,19)(H,20,21). The van der Waals surface area contributed by atoms with Crippen molar-refractivity contribution in [3.63, 3.8) is 0 Å². The van der Waals surface area contributed by atoms with Crippen LogP contribution in [0.25, 0.3) is 0 Å². The summed E-state index contributed by atoms with van der Waals surface area (Å²) in [5.74, 6) is -0.847. The molecule has 5 heteroatoms. The molecule has 1 fully saturated rings. The topological polar surface area (TPSA) is 78.4 Å². The lowest BCUT2D eigenvalue weighted by Gasteiger charge is -2.23. The van der Waals surface area contributed by atoms with Gasteiger partial charge in [-0.3, -0.25) is 9.59 Å². The van der Waals surface area contributed by atoms with E-state index in [0.717, 1.165) is 24.9 Å². The number of amides is 1. The minimum absolute atomic E-state index is 0.00156. The Morgan fingerprint density at radius 1 is 1.24 bits per heavy atom. The van der Waals surface area contributed by atoms with E-state index in [9.17, 15) is 9.59 Å². The van der Waals surface area contributed by atoms with Crippen molar-refractivity contribution in [3.8, 4) is 0 Å². The van der Waals surface area contributed by atoms with Crippen molar-refractivity contribution >= 4 is 17.6 Å². The summed E-state index contributed by atoms with van der Waals surface area (Å²) < 4.78 is 0. The van der Waals surface area contributed by atoms with E-state index >= 15 is 0 Å². The van der Waals surface area contributed by atoms with Crippen LogP contribution >= 0.6 is 0 Å². The predicted octanol–water partition coefficient (Wildman–Crippen LogP) is 2.17. The summed E-state index contributed by atoms with van der Waals surface area (Å²) in [7, 11) is 0. The van der Waals surface area contributed by atoms with Gasteiger partial charge in [-0.15, -0.1) is 0 Å². The van der Waals surface area contributed by atoms with Gasteiger partial charge in [-0.2, -0.15) is 0 Å². The van der Waals surface area contributed by atoms with Crippen molar-refractivity contribution in [1.82, 2.24) is 5.32 Å². The Morgan fingerprint density at radius 3 is 2.62 bits per heavy atom. The van der Waals surface area contributed by atoms with Gasteiger partial charge in [0.2, 0.25) is 5.91 Å². The molecule has 0 aliphatic carbocycles. The molecule has 3 N–H and O–H groups in total. The summed E-state index contributed by atoms with van der Waals surface area (Å²) >= 11 is 0. The van der Waals surface area contributed by atoms with E-state index in [0.29, 0.717) is 18.2 Å². The molecule has 0 spiro atoms. The Labute approximate surface area is 124 Å². The number of piperidine rings is 1. The van der Waals surface area contributed by atoms with Crippen LogP contribution in [0.15, 0.2) is 24.3 Å². The van der Waals surface area contributed by atoms with Gasteiger partial charge in [0.1, 0.15) is 0 Å². The number of anilines is 1. The number of rotatable bonds is 6. The lowest BCUT2D eigenvalue weighted by Crippen LogP contribution is -2.34. The van der Waals surface area contributed by atoms with Gasteiger partial charge in [0.15, 0.2) is 0 Å². The van der Waals surface area contributed by atoms with E-state index in [2.05, 4.69) is 10.6 Å². The minimum Gasteiger partial charge on any atom is -0.481 e. The Morgan fingerprint density at radius 2 is 2.00 bits per heavy atom. The fourth-order valence-corrected chi connectivity index (χ4v) is 2.58. The van der Waals surface area contributed by atoms with Crippen LogP contribution in [0.1, 0.15) is 37.7 Å². The van der Waals surface area contributed by atoms with E-state index in [1.165, 1.54) is 12.8 Å². The molecule has 1 saturated heterocycles. The molecule has 1 aliphatic rings. The number of carbonyl (C=O) groups is 2. The molecule has 1 unspecified atom stereocenters. The first-order valence-electron chi connectivity index (χ1n) is 7.47. The Bertz CT molecular complexity index is 479. The minimum atomic E-state index is -0.855. The number of carboxylic acid groups (broad SMARTS) is 1. The van der Waals surface area contributed by atoms with Gasteiger partial charge < -0.3 is 15.7 Å². The van der Waals surface area contributed by atoms with E-state index in [1.807, 2.05) is 0 Å². The lowest BCUT2D eigenvalue weighted by molar-refractivity contribution is -0.136. The molecule has 1 amide bonds. The molecule has 114 valence electrons. The number of hydrogen-bond donors (Lipinski definition) is 3. The number of hydrogen-bond acceptors (Lipinski definition) is 3. The third-order valence-corrected chi connectivity index (χ3v) is 3.73. The average Bonchev–Trinajstić information content (AvgIpc) is 2.48. The first-order chi connectivity index (χ1) is 10.1. The molecule has 1 aromatic carbocycles. The van der Waals surface area contributed by atoms with Crippen LogP contribution in [0, 0.1) is 0 Å². The van der Waals surface area contributed by atoms with Crippen LogP contribution in [-0.2, 0) is 16.0 Å². The zero-order chi connectivity index (χ0) is 15.1. The number of aliphatic carboxylic acids is 1. The number of carboxylic acids is 1. The Kier molecular flexibility index (Phi) is 5.75. The summed E-state index contributed by atoms with van der Waals surface area (Å²) in [6, 6.07) is 7.41. The van der Waals surface area contributed by atoms with Crippen molar-refractivity contribution in [2.45, 2.75) is 44.6 Å². The van der Waals surface area contributed by atoms with Gasteiger partial charge in [-0.25, -0.2) is 0 Å². The molecule has 1 atom stereocenters. The average molecular weight is 290 g/mol. The fourth-order valence-electron chi connectivity index (χ4n) is 2.58. The van der Waals surface area contributed by atoms with Gasteiger partial charge in [0.05, 0.1) is 6.42 Å². The van der Waals surface area contributed by atoms with Crippen molar-refractivity contribution in [1.29, 1.82) is 0 Å². The maximum atomic E-state index is 11.9. The van der Waals surface area contributed by atoms with E-state index < -0.39 is 5.97 Å². The molecular formula is C16H22N2O3. The highest BCUT2D eigenvalue weighted by molar-refractivity contribution is 5.90. The molecule has 0 radical (unpaired) electrons. The van der Waals surface area contributed by atoms with Gasteiger partial charge in [-0.05, 0) is 43.5 Å². The highest BCUT2D eigenvalue weighted by atomic mass is 16.4. The zero-order valence-corrected chi connectivity index (χ0v) is 12.1. The van der Waals surface area contributed by atoms with Crippen LogP contribution < -0.4 is 10.6 Å². The molecule has 0 bridgehead atoms. The van der Waals surface area contributed by atoms with E-state index in [4.69, 9.17) is 5.11 Å². The van der Waals surface area contributed by atoms with E-state index in [-0.39, 0.29) is 12.3 Å². The highest BCUT2D eigenvalue weighted by Crippen LogP contribution is 2.14. The summed E-state index contributed by atoms with van der Waals surface area (Å²) in [5, 5.41) is 15.0. The lowest BCUT2D eigenvalue weighted by atomic mass is 10.0. The van der Waals surface area contributed by atoms with Crippen molar-refractivity contribution < 1.29 is 14.7 Å². The SMILES string of the molecule is O=C(O)Cc1ccc(NC(=O)CCC2CCCCN2)cc1. The van der Waals surface area contributed by atoms with Gasteiger partial charge in [-0.1, -0.05) is 18.6 Å². The summed E-state index contributed by atoms with van der Waals surface area (Å²) in [4.78, 5) is 22.5. The molecule has 2 rings (SSSR count). The quantitative estimate of drug-likeness (QED) is 0.750. The van der Waals surface area contributed by atoms with Crippen LogP contribution in [0.4, 0.5) is 5.69 Å². The van der Waals surface area contributed by atoms with Crippen molar-refractivity contribution in [3.05, 3.63) is 29.8 Å². The van der Waals surface area contributed by atoms with Crippen LogP contribution in [-0.4, -0.2) is 29.6 Å². The van der Waals surface area contributed by atoms with Gasteiger partial charge >= 0.3 is 5.97 Å². The molecule has 1 aromatic rings. The fraction of sp³-hybridized carbons (Fsp3) is 0.500. The first-order valence-corrected chi connectivity index (χ1v) is 7.47. The van der Waals surface area contributed by atoms with Gasteiger partial charge in [0, 0.05) is 18.2 Å². The van der Waals surface area contributed by atoms with Crippen LogP contribution in [0.2, 0.25) is 0 Å². The second-order valence-corrected chi connectivity index (χ2v) is 5.50. The largest absolute Gasteiger partial charge is 0.481 e. The second-order valence-electron chi connectivity index (χ2n) is 5.50. The zero-order valence-electron chi connectivity index (χ0n) is 12.1. The number of benzene rings is 1. The summed E-state index contributed by atoms with van der Waals surface area (Å²) in [6.45, 7) is 1.05. The third-order valence-electron chi connectivity index (χ3n) is 3.73. The second kappa shape index (κ2) is 7.78. The van der Waals surface area contributed by atoms with Crippen molar-refractivity contribution in [2.24, 2.45) is 0 Å². The van der Waals surface area contributed by atoms with Crippen LogP contribution in [0.5, 0.6) is 0 Å². The Hall–Kier alpha value is -1.88. The molecular weight excluding hydrogens is 268 g/mol. The molecule has 0 saturated carbocycles. The number of carbonyl (C=O) groups excluding carboxylic acids is 1. The Balaban J connectivity index is 1.75. The molecule has 0 aromatic heterocycles. The highest BCUT2D eigenvalue weighted by Gasteiger charge is 2.14. The maximum absolute atomic E-state index is 11.9. The summed E-state index contributed by atoms with van der Waals surface area (Å²) in [5.41, 5.74) is 1.44. The summed E-state index contributed by atoms with van der Waals surface area (Å²) in [6.07, 6.45) is 4.99.